The van der Waals surface area contributed by atoms with Gasteiger partial charge in [0, 0.05) is 11.7 Å². The topological polar surface area (TPSA) is 12.0 Å². The monoisotopic (exact) mass is 193 g/mol. The van der Waals surface area contributed by atoms with Crippen molar-refractivity contribution in [3.63, 3.8) is 0 Å². The maximum absolute atomic E-state index is 12.9. The second kappa shape index (κ2) is 3.26. The van der Waals surface area contributed by atoms with Gasteiger partial charge in [0.05, 0.1) is 0 Å². The van der Waals surface area contributed by atoms with Crippen molar-refractivity contribution in [3.05, 3.63) is 30.1 Å². The van der Waals surface area contributed by atoms with E-state index in [-0.39, 0.29) is 5.82 Å². The van der Waals surface area contributed by atoms with Crippen LogP contribution in [0.2, 0.25) is 0 Å². The molecule has 1 aliphatic rings. The molecule has 0 spiro atoms. The fourth-order valence-corrected chi connectivity index (χ4v) is 1.63. The van der Waals surface area contributed by atoms with E-state index in [2.05, 4.69) is 19.2 Å². The standard InChI is InChI=1S/C12H16FN/c1-9(12(2)6-7-12)14-11-5-3-4-10(13)8-11/h3-5,8-9,14H,6-7H2,1-2H3. The van der Waals surface area contributed by atoms with Crippen molar-refractivity contribution in [1.82, 2.24) is 0 Å². The summed E-state index contributed by atoms with van der Waals surface area (Å²) in [6, 6.07) is 7.08. The second-order valence-corrected chi connectivity index (χ2v) is 4.53. The maximum Gasteiger partial charge on any atom is 0.125 e. The third-order valence-corrected chi connectivity index (χ3v) is 3.29. The number of halogens is 1. The molecule has 0 amide bonds. The second-order valence-electron chi connectivity index (χ2n) is 4.53. The van der Waals surface area contributed by atoms with Gasteiger partial charge in [-0.3, -0.25) is 0 Å². The van der Waals surface area contributed by atoms with Gasteiger partial charge < -0.3 is 5.32 Å². The van der Waals surface area contributed by atoms with Crippen molar-refractivity contribution in [3.8, 4) is 0 Å². The van der Waals surface area contributed by atoms with Crippen molar-refractivity contribution >= 4 is 5.69 Å². The van der Waals surface area contributed by atoms with Gasteiger partial charge in [-0.2, -0.15) is 0 Å². The highest BCUT2D eigenvalue weighted by molar-refractivity contribution is 5.44. The Morgan fingerprint density at radius 2 is 2.14 bits per heavy atom. The number of anilines is 1. The zero-order valence-electron chi connectivity index (χ0n) is 8.68. The molecule has 1 nitrogen and oxygen atoms in total. The number of nitrogens with one attached hydrogen (secondary N) is 1. The SMILES string of the molecule is CC(Nc1cccc(F)c1)C1(C)CC1. The average Bonchev–Trinajstić information content (AvgIpc) is 2.85. The normalized spacial score (nSPS) is 20.2. The third-order valence-electron chi connectivity index (χ3n) is 3.29. The highest BCUT2D eigenvalue weighted by Crippen LogP contribution is 2.48. The molecule has 1 fully saturated rings. The van der Waals surface area contributed by atoms with Crippen LogP contribution in [0.5, 0.6) is 0 Å². The molecule has 76 valence electrons. The van der Waals surface area contributed by atoms with Crippen LogP contribution in [0, 0.1) is 11.2 Å². The lowest BCUT2D eigenvalue weighted by atomic mass is 10.0. The Hall–Kier alpha value is -1.05. The highest BCUT2D eigenvalue weighted by atomic mass is 19.1. The summed E-state index contributed by atoms with van der Waals surface area (Å²) in [6.45, 7) is 4.43. The molecule has 1 unspecified atom stereocenters. The van der Waals surface area contributed by atoms with E-state index >= 15 is 0 Å². The van der Waals surface area contributed by atoms with Crippen LogP contribution >= 0.6 is 0 Å². The molecule has 1 aromatic carbocycles. The predicted octanol–water partition coefficient (Wildman–Crippen LogP) is 3.43. The van der Waals surface area contributed by atoms with Gasteiger partial charge in [0.25, 0.3) is 0 Å². The smallest absolute Gasteiger partial charge is 0.125 e. The van der Waals surface area contributed by atoms with Crippen molar-refractivity contribution in [1.29, 1.82) is 0 Å². The Labute approximate surface area is 84.3 Å². The van der Waals surface area contributed by atoms with Crippen LogP contribution in [0.25, 0.3) is 0 Å². The van der Waals surface area contributed by atoms with E-state index in [4.69, 9.17) is 0 Å². The van der Waals surface area contributed by atoms with Crippen LogP contribution in [0.1, 0.15) is 26.7 Å². The summed E-state index contributed by atoms with van der Waals surface area (Å²) in [5.41, 5.74) is 1.30. The number of benzene rings is 1. The molecule has 0 aliphatic heterocycles. The lowest BCUT2D eigenvalue weighted by molar-refractivity contribution is 0.493. The number of hydrogen-bond acceptors (Lipinski definition) is 1. The van der Waals surface area contributed by atoms with Crippen molar-refractivity contribution in [2.24, 2.45) is 5.41 Å². The Balaban J connectivity index is 2.03. The molecule has 0 heterocycles. The van der Waals surface area contributed by atoms with Crippen LogP contribution in [-0.4, -0.2) is 6.04 Å². The van der Waals surface area contributed by atoms with Crippen LogP contribution < -0.4 is 5.32 Å². The molecular formula is C12H16FN. The quantitative estimate of drug-likeness (QED) is 0.775. The predicted molar refractivity (Wildman–Crippen MR) is 56.8 cm³/mol. The molecule has 1 aliphatic carbocycles. The molecule has 1 aromatic rings. The zero-order chi connectivity index (χ0) is 10.2. The van der Waals surface area contributed by atoms with Gasteiger partial charge in [-0.05, 0) is 43.4 Å². The van der Waals surface area contributed by atoms with E-state index in [1.54, 1.807) is 12.1 Å². The molecule has 0 bridgehead atoms. The molecule has 14 heavy (non-hydrogen) atoms. The molecule has 0 radical (unpaired) electrons. The molecular weight excluding hydrogens is 177 g/mol. The van der Waals surface area contributed by atoms with E-state index in [0.29, 0.717) is 11.5 Å². The molecule has 1 saturated carbocycles. The first-order valence-electron chi connectivity index (χ1n) is 5.12. The van der Waals surface area contributed by atoms with E-state index in [1.807, 2.05) is 6.07 Å². The van der Waals surface area contributed by atoms with Crippen LogP contribution in [0.3, 0.4) is 0 Å². The lowest BCUT2D eigenvalue weighted by Crippen LogP contribution is -2.24. The van der Waals surface area contributed by atoms with Gasteiger partial charge in [-0.1, -0.05) is 13.0 Å². The van der Waals surface area contributed by atoms with Crippen LogP contribution in [0.4, 0.5) is 10.1 Å². The first-order valence-corrected chi connectivity index (χ1v) is 5.12. The molecule has 2 rings (SSSR count). The summed E-state index contributed by atoms with van der Waals surface area (Å²) >= 11 is 0. The van der Waals surface area contributed by atoms with E-state index in [1.165, 1.54) is 18.9 Å². The molecule has 2 heteroatoms. The van der Waals surface area contributed by atoms with Gasteiger partial charge in [-0.25, -0.2) is 4.39 Å². The first-order chi connectivity index (χ1) is 6.60. The average molecular weight is 193 g/mol. The Kier molecular flexibility index (Phi) is 2.22. The van der Waals surface area contributed by atoms with Gasteiger partial charge in [0.1, 0.15) is 5.82 Å². The Morgan fingerprint density at radius 3 is 2.71 bits per heavy atom. The summed E-state index contributed by atoms with van der Waals surface area (Å²) in [4.78, 5) is 0. The van der Waals surface area contributed by atoms with Gasteiger partial charge in [0.15, 0.2) is 0 Å². The third kappa shape index (κ3) is 1.89. The van der Waals surface area contributed by atoms with Crippen molar-refractivity contribution in [2.45, 2.75) is 32.7 Å². The van der Waals surface area contributed by atoms with Gasteiger partial charge in [0.2, 0.25) is 0 Å². The highest BCUT2D eigenvalue weighted by Gasteiger charge is 2.42. The van der Waals surface area contributed by atoms with Crippen LogP contribution in [-0.2, 0) is 0 Å². The zero-order valence-corrected chi connectivity index (χ0v) is 8.68. The van der Waals surface area contributed by atoms with Crippen molar-refractivity contribution in [2.75, 3.05) is 5.32 Å². The first kappa shape index (κ1) is 9.50. The number of hydrogen-bond donors (Lipinski definition) is 1. The molecule has 0 saturated heterocycles. The summed E-state index contributed by atoms with van der Waals surface area (Å²) in [5.74, 6) is -0.178. The summed E-state index contributed by atoms with van der Waals surface area (Å²) < 4.78 is 12.9. The fourth-order valence-electron chi connectivity index (χ4n) is 1.63. The minimum Gasteiger partial charge on any atom is -0.382 e. The Morgan fingerprint density at radius 1 is 1.43 bits per heavy atom. The Bertz CT molecular complexity index is 331. The van der Waals surface area contributed by atoms with E-state index in [9.17, 15) is 4.39 Å². The summed E-state index contributed by atoms with van der Waals surface area (Å²) in [7, 11) is 0. The minimum absolute atomic E-state index is 0.178. The maximum atomic E-state index is 12.9. The number of rotatable bonds is 3. The van der Waals surface area contributed by atoms with Gasteiger partial charge in [-0.15, -0.1) is 0 Å². The molecule has 1 atom stereocenters. The molecule has 1 N–H and O–H groups in total. The fraction of sp³-hybridized carbons (Fsp3) is 0.500. The van der Waals surface area contributed by atoms with Crippen LogP contribution in [0.15, 0.2) is 24.3 Å². The van der Waals surface area contributed by atoms with Crippen molar-refractivity contribution < 1.29 is 4.39 Å². The minimum atomic E-state index is -0.178. The van der Waals surface area contributed by atoms with E-state index < -0.39 is 0 Å². The molecule has 0 aromatic heterocycles. The van der Waals surface area contributed by atoms with E-state index in [0.717, 1.165) is 5.69 Å². The largest absolute Gasteiger partial charge is 0.382 e. The van der Waals surface area contributed by atoms with Gasteiger partial charge >= 0.3 is 0 Å². The lowest BCUT2D eigenvalue weighted by Gasteiger charge is -2.21. The summed E-state index contributed by atoms with van der Waals surface area (Å²) in [5, 5.41) is 3.35. The summed E-state index contributed by atoms with van der Waals surface area (Å²) in [6.07, 6.45) is 2.55.